The van der Waals surface area contributed by atoms with E-state index in [4.69, 9.17) is 16.3 Å². The second kappa shape index (κ2) is 6.82. The monoisotopic (exact) mass is 391 g/mol. The second-order valence-electron chi connectivity index (χ2n) is 7.96. The lowest BCUT2D eigenvalue weighted by Crippen LogP contribution is -2.49. The van der Waals surface area contributed by atoms with Gasteiger partial charge in [-0.25, -0.2) is 0 Å². The lowest BCUT2D eigenvalue weighted by Gasteiger charge is -2.48. The molecular formula is C24H22ClNO2. The summed E-state index contributed by atoms with van der Waals surface area (Å²) in [6.07, 6.45) is 4.44. The van der Waals surface area contributed by atoms with E-state index in [9.17, 15) is 4.79 Å². The average Bonchev–Trinajstić information content (AvgIpc) is 2.67. The van der Waals surface area contributed by atoms with Crippen molar-refractivity contribution in [1.82, 2.24) is 5.32 Å². The molecule has 0 bridgehead atoms. The highest BCUT2D eigenvalue weighted by Gasteiger charge is 2.45. The predicted octanol–water partition coefficient (Wildman–Crippen LogP) is 5.60. The molecule has 1 fully saturated rings. The summed E-state index contributed by atoms with van der Waals surface area (Å²) in [7, 11) is 0. The Labute approximate surface area is 169 Å². The van der Waals surface area contributed by atoms with E-state index in [0.29, 0.717) is 11.4 Å². The molecule has 4 heteroatoms. The van der Waals surface area contributed by atoms with Crippen LogP contribution in [0.3, 0.4) is 0 Å². The van der Waals surface area contributed by atoms with Gasteiger partial charge in [0.1, 0.15) is 11.4 Å². The Hall–Kier alpha value is -2.52. The van der Waals surface area contributed by atoms with Gasteiger partial charge in [0.25, 0.3) is 0 Å². The number of halogens is 1. The summed E-state index contributed by atoms with van der Waals surface area (Å²) < 4.78 is 6.29. The Kier molecular flexibility index (Phi) is 4.28. The van der Waals surface area contributed by atoms with E-state index in [1.807, 2.05) is 42.5 Å². The number of fused-ring (bicyclic) bond motifs is 2. The molecule has 142 valence electrons. The summed E-state index contributed by atoms with van der Waals surface area (Å²) in [4.78, 5) is 13.0. The van der Waals surface area contributed by atoms with Crippen LogP contribution >= 0.6 is 11.6 Å². The molecule has 1 aliphatic carbocycles. The Morgan fingerprint density at radius 1 is 1.11 bits per heavy atom. The van der Waals surface area contributed by atoms with Gasteiger partial charge in [0.05, 0.1) is 12.5 Å². The number of rotatable bonds is 3. The van der Waals surface area contributed by atoms with Gasteiger partial charge < -0.3 is 10.1 Å². The highest BCUT2D eigenvalue weighted by molar-refractivity contribution is 6.30. The van der Waals surface area contributed by atoms with Crippen LogP contribution in [0.2, 0.25) is 5.02 Å². The zero-order chi connectivity index (χ0) is 19.1. The van der Waals surface area contributed by atoms with E-state index in [1.54, 1.807) is 0 Å². The molecule has 1 amide bonds. The average molecular weight is 392 g/mol. The number of amides is 1. The number of carbonyl (C=O) groups is 1. The molecule has 0 aromatic heterocycles. The zero-order valence-electron chi connectivity index (χ0n) is 15.6. The largest absolute Gasteiger partial charge is 0.487 e. The molecule has 1 heterocycles. The molecule has 0 saturated heterocycles. The topological polar surface area (TPSA) is 38.3 Å². The molecule has 1 atom stereocenters. The van der Waals surface area contributed by atoms with Crippen LogP contribution in [-0.4, -0.2) is 11.5 Å². The van der Waals surface area contributed by atoms with Crippen LogP contribution < -0.4 is 10.1 Å². The van der Waals surface area contributed by atoms with E-state index in [1.165, 1.54) is 6.42 Å². The molecule has 0 radical (unpaired) electrons. The van der Waals surface area contributed by atoms with Gasteiger partial charge in [-0.2, -0.15) is 0 Å². The highest BCUT2D eigenvalue weighted by atomic mass is 35.5. The quantitative estimate of drug-likeness (QED) is 0.631. The summed E-state index contributed by atoms with van der Waals surface area (Å²) in [5.74, 6) is 0.884. The van der Waals surface area contributed by atoms with Gasteiger partial charge in [0.15, 0.2) is 0 Å². The van der Waals surface area contributed by atoms with Gasteiger partial charge in [-0.3, -0.25) is 4.79 Å². The lowest BCUT2D eigenvalue weighted by atomic mass is 9.73. The molecule has 1 spiro atoms. The van der Waals surface area contributed by atoms with Crippen molar-refractivity contribution in [3.8, 4) is 5.75 Å². The van der Waals surface area contributed by atoms with Gasteiger partial charge in [-0.05, 0) is 53.8 Å². The SMILES string of the molecule is O=C(Cc1cccc2ccccc12)N[C@@H]1CC2(CCC2)Oc2ccc(Cl)cc21. The first-order valence-corrected chi connectivity index (χ1v) is 10.2. The maximum atomic E-state index is 13.0. The fourth-order valence-corrected chi connectivity index (χ4v) is 4.69. The minimum atomic E-state index is -0.127. The molecular weight excluding hydrogens is 370 g/mol. The van der Waals surface area contributed by atoms with E-state index in [-0.39, 0.29) is 17.6 Å². The van der Waals surface area contributed by atoms with Gasteiger partial charge in [-0.15, -0.1) is 0 Å². The van der Waals surface area contributed by atoms with E-state index in [0.717, 1.165) is 46.9 Å². The summed E-state index contributed by atoms with van der Waals surface area (Å²) in [5, 5.41) is 6.22. The zero-order valence-corrected chi connectivity index (χ0v) is 16.3. The van der Waals surface area contributed by atoms with Crippen molar-refractivity contribution in [3.63, 3.8) is 0 Å². The third-order valence-electron chi connectivity index (χ3n) is 6.08. The minimum Gasteiger partial charge on any atom is -0.487 e. The first kappa shape index (κ1) is 17.6. The maximum Gasteiger partial charge on any atom is 0.224 e. The number of nitrogens with one attached hydrogen (secondary N) is 1. The number of hydrogen-bond donors (Lipinski definition) is 1. The van der Waals surface area contributed by atoms with Crippen molar-refractivity contribution in [1.29, 1.82) is 0 Å². The molecule has 1 aliphatic heterocycles. The molecule has 2 aliphatic rings. The maximum absolute atomic E-state index is 13.0. The molecule has 3 aromatic rings. The molecule has 3 aromatic carbocycles. The smallest absolute Gasteiger partial charge is 0.224 e. The van der Waals surface area contributed by atoms with E-state index < -0.39 is 0 Å². The Morgan fingerprint density at radius 2 is 1.93 bits per heavy atom. The fraction of sp³-hybridized carbons (Fsp3) is 0.292. The second-order valence-corrected chi connectivity index (χ2v) is 8.40. The van der Waals surface area contributed by atoms with Crippen molar-refractivity contribution < 1.29 is 9.53 Å². The molecule has 3 nitrogen and oxygen atoms in total. The molecule has 1 saturated carbocycles. The third-order valence-corrected chi connectivity index (χ3v) is 6.32. The van der Waals surface area contributed by atoms with Crippen molar-refractivity contribution in [3.05, 3.63) is 76.8 Å². The van der Waals surface area contributed by atoms with Gasteiger partial charge >= 0.3 is 0 Å². The number of hydrogen-bond acceptors (Lipinski definition) is 2. The Bertz CT molecular complexity index is 1050. The molecule has 5 rings (SSSR count). The lowest BCUT2D eigenvalue weighted by molar-refractivity contribution is -0.122. The van der Waals surface area contributed by atoms with Crippen molar-refractivity contribution in [2.45, 2.75) is 43.7 Å². The van der Waals surface area contributed by atoms with Crippen LogP contribution in [0.5, 0.6) is 5.75 Å². The van der Waals surface area contributed by atoms with E-state index in [2.05, 4.69) is 23.5 Å². The minimum absolute atomic E-state index is 0.0312. The predicted molar refractivity (Wildman–Crippen MR) is 112 cm³/mol. The van der Waals surface area contributed by atoms with Crippen LogP contribution in [0.15, 0.2) is 60.7 Å². The Balaban J connectivity index is 1.40. The first-order valence-electron chi connectivity index (χ1n) is 9.86. The van der Waals surface area contributed by atoms with Crippen molar-refractivity contribution in [2.75, 3.05) is 0 Å². The summed E-state index contributed by atoms with van der Waals surface area (Å²) in [6.45, 7) is 0. The molecule has 1 N–H and O–H groups in total. The normalized spacial score (nSPS) is 19.5. The summed E-state index contributed by atoms with van der Waals surface area (Å²) in [6, 6.07) is 20.0. The molecule has 28 heavy (non-hydrogen) atoms. The van der Waals surface area contributed by atoms with Crippen molar-refractivity contribution in [2.24, 2.45) is 0 Å². The van der Waals surface area contributed by atoms with E-state index >= 15 is 0 Å². The van der Waals surface area contributed by atoms with Gasteiger partial charge in [0, 0.05) is 17.0 Å². The van der Waals surface area contributed by atoms with Crippen molar-refractivity contribution >= 4 is 28.3 Å². The summed E-state index contributed by atoms with van der Waals surface area (Å²) >= 11 is 6.22. The first-order chi connectivity index (χ1) is 13.6. The standard InChI is InChI=1S/C24H22ClNO2/c25-18-9-10-22-20(14-18)21(15-24(28-22)11-4-12-24)26-23(27)13-17-7-3-6-16-5-1-2-8-19(16)17/h1-3,5-10,14,21H,4,11-13,15H2,(H,26,27)/t21-/m1/s1. The van der Waals surface area contributed by atoms with Crippen LogP contribution in [0.25, 0.3) is 10.8 Å². The Morgan fingerprint density at radius 3 is 2.75 bits per heavy atom. The number of ether oxygens (including phenoxy) is 1. The van der Waals surface area contributed by atoms with Crippen LogP contribution in [0, 0.1) is 0 Å². The van der Waals surface area contributed by atoms with Crippen LogP contribution in [-0.2, 0) is 11.2 Å². The van der Waals surface area contributed by atoms with Crippen LogP contribution in [0.4, 0.5) is 0 Å². The summed E-state index contributed by atoms with van der Waals surface area (Å²) in [5.41, 5.74) is 1.90. The van der Waals surface area contributed by atoms with Gasteiger partial charge in [0.2, 0.25) is 5.91 Å². The fourth-order valence-electron chi connectivity index (χ4n) is 4.51. The van der Waals surface area contributed by atoms with Crippen LogP contribution in [0.1, 0.15) is 42.9 Å². The van der Waals surface area contributed by atoms with Gasteiger partial charge in [-0.1, -0.05) is 54.1 Å². The molecule has 0 unspecified atom stereocenters. The highest BCUT2D eigenvalue weighted by Crippen LogP contribution is 2.49. The third kappa shape index (κ3) is 3.14. The number of carbonyl (C=O) groups excluding carboxylic acids is 1. The number of benzene rings is 3.